The van der Waals surface area contributed by atoms with Gasteiger partial charge in [-0.15, -0.1) is 0 Å². The van der Waals surface area contributed by atoms with Gasteiger partial charge in [-0.25, -0.2) is 0 Å². The lowest BCUT2D eigenvalue weighted by atomic mass is 9.76. The number of ketones is 4. The molecule has 0 radical (unpaired) electrons. The standard InChI is InChI=1S/C33H49N3O6/c1-21(2)25(31(41)27(37)14-15-30(40)36-17-16-24(20-36)35(7)8)18-28(38)22(3)34-32(42)26(33(4,5)6)19-29(39)23-12-10-9-11-13-23/h9-13,21-22,24-26H,14-20H2,1-8H3,(H,34,42)/t22-,24?,25-,26+/m0/s1. The minimum atomic E-state index is -0.903. The molecule has 42 heavy (non-hydrogen) atoms. The fourth-order valence-corrected chi connectivity index (χ4v) is 5.24. The summed E-state index contributed by atoms with van der Waals surface area (Å²) in [5.74, 6) is -4.19. The molecule has 1 aliphatic heterocycles. The van der Waals surface area contributed by atoms with Crippen LogP contribution >= 0.6 is 0 Å². The number of likely N-dealkylation sites (tertiary alicyclic amines) is 1. The van der Waals surface area contributed by atoms with Crippen molar-refractivity contribution >= 4 is 34.9 Å². The number of carbonyl (C=O) groups excluding carboxylic acids is 6. The Kier molecular flexibility index (Phi) is 12.8. The summed E-state index contributed by atoms with van der Waals surface area (Å²) in [5, 5.41) is 2.75. The second-order valence-corrected chi connectivity index (χ2v) is 13.2. The average molecular weight is 584 g/mol. The number of likely N-dealkylation sites (N-methyl/N-ethyl adjacent to an activating group) is 1. The Labute approximate surface area is 250 Å². The number of amides is 2. The van der Waals surface area contributed by atoms with Crippen LogP contribution in [0, 0.1) is 23.2 Å². The summed E-state index contributed by atoms with van der Waals surface area (Å²) in [6.07, 6.45) is 0.446. The van der Waals surface area contributed by atoms with Gasteiger partial charge in [0.1, 0.15) is 0 Å². The molecule has 1 fully saturated rings. The number of hydrogen-bond donors (Lipinski definition) is 1. The normalized spacial score (nSPS) is 17.6. The SMILES string of the molecule is CC(C)[C@H](CC(=O)[C@H](C)NC(=O)[C@@H](CC(=O)c1ccccc1)C(C)(C)C)C(=O)C(=O)CCC(=O)N1CCC(N(C)C)C1. The molecule has 1 aliphatic rings. The van der Waals surface area contributed by atoms with Gasteiger partial charge >= 0.3 is 0 Å². The molecule has 9 nitrogen and oxygen atoms in total. The molecule has 1 aromatic carbocycles. The fraction of sp³-hybridized carbons (Fsp3) is 0.636. The number of hydrogen-bond acceptors (Lipinski definition) is 7. The number of nitrogens with zero attached hydrogens (tertiary/aromatic N) is 2. The first kappa shape index (κ1) is 35.0. The first-order valence-electron chi connectivity index (χ1n) is 15.0. The van der Waals surface area contributed by atoms with Crippen LogP contribution in [0.25, 0.3) is 0 Å². The van der Waals surface area contributed by atoms with E-state index in [4.69, 9.17) is 0 Å². The predicted octanol–water partition coefficient (Wildman–Crippen LogP) is 3.74. The second kappa shape index (κ2) is 15.3. The average Bonchev–Trinajstić information content (AvgIpc) is 3.43. The number of rotatable bonds is 15. The van der Waals surface area contributed by atoms with Gasteiger partial charge in [0.15, 0.2) is 17.3 Å². The third-order valence-corrected chi connectivity index (χ3v) is 8.34. The smallest absolute Gasteiger partial charge is 0.224 e. The molecule has 0 spiro atoms. The van der Waals surface area contributed by atoms with Crippen molar-refractivity contribution in [3.05, 3.63) is 35.9 Å². The Morgan fingerprint density at radius 2 is 1.57 bits per heavy atom. The summed E-state index contributed by atoms with van der Waals surface area (Å²) in [5.41, 5.74) is -0.0217. The molecule has 1 aromatic rings. The van der Waals surface area contributed by atoms with E-state index < -0.39 is 40.8 Å². The van der Waals surface area contributed by atoms with Gasteiger partial charge in [0.05, 0.1) is 12.0 Å². The van der Waals surface area contributed by atoms with Gasteiger partial charge in [-0.05, 0) is 38.8 Å². The van der Waals surface area contributed by atoms with E-state index in [2.05, 4.69) is 10.2 Å². The first-order valence-corrected chi connectivity index (χ1v) is 15.0. The number of Topliss-reactive ketones (excluding diaryl/α,β-unsaturated/α-hetero) is 4. The molecule has 232 valence electrons. The topological polar surface area (TPSA) is 121 Å². The van der Waals surface area contributed by atoms with Crippen molar-refractivity contribution < 1.29 is 28.8 Å². The molecule has 0 aromatic heterocycles. The van der Waals surface area contributed by atoms with Crippen molar-refractivity contribution in [2.75, 3.05) is 27.2 Å². The molecule has 1 heterocycles. The Morgan fingerprint density at radius 3 is 2.10 bits per heavy atom. The van der Waals surface area contributed by atoms with Gasteiger partial charge in [-0.1, -0.05) is 65.0 Å². The number of benzene rings is 1. The summed E-state index contributed by atoms with van der Waals surface area (Å²) < 4.78 is 0. The van der Waals surface area contributed by atoms with Crippen LogP contribution in [0.3, 0.4) is 0 Å². The quantitative estimate of drug-likeness (QED) is 0.247. The molecule has 1 unspecified atom stereocenters. The molecule has 1 saturated heterocycles. The summed E-state index contributed by atoms with van der Waals surface area (Å²) in [7, 11) is 3.94. The maximum atomic E-state index is 13.3. The van der Waals surface area contributed by atoms with Crippen molar-refractivity contribution in [1.82, 2.24) is 15.1 Å². The van der Waals surface area contributed by atoms with Crippen LogP contribution in [-0.2, 0) is 24.0 Å². The second-order valence-electron chi connectivity index (χ2n) is 13.2. The van der Waals surface area contributed by atoms with E-state index in [-0.39, 0.29) is 55.1 Å². The van der Waals surface area contributed by atoms with E-state index >= 15 is 0 Å². The van der Waals surface area contributed by atoms with E-state index in [1.165, 1.54) is 0 Å². The zero-order chi connectivity index (χ0) is 31.8. The van der Waals surface area contributed by atoms with Crippen LogP contribution in [-0.4, -0.2) is 84.0 Å². The molecule has 9 heteroatoms. The van der Waals surface area contributed by atoms with Crippen LogP contribution in [0.4, 0.5) is 0 Å². The molecule has 0 bridgehead atoms. The third kappa shape index (κ3) is 9.96. The highest BCUT2D eigenvalue weighted by Gasteiger charge is 2.36. The number of nitrogens with one attached hydrogen (secondary N) is 1. The minimum Gasteiger partial charge on any atom is -0.346 e. The van der Waals surface area contributed by atoms with E-state index in [9.17, 15) is 28.8 Å². The van der Waals surface area contributed by atoms with Gasteiger partial charge in [0, 0.05) is 56.3 Å². The van der Waals surface area contributed by atoms with Crippen LogP contribution in [0.1, 0.15) is 84.0 Å². The lowest BCUT2D eigenvalue weighted by molar-refractivity contribution is -0.142. The van der Waals surface area contributed by atoms with Crippen molar-refractivity contribution in [3.63, 3.8) is 0 Å². The fourth-order valence-electron chi connectivity index (χ4n) is 5.24. The number of carbonyl (C=O) groups is 6. The Bertz CT molecular complexity index is 1140. The van der Waals surface area contributed by atoms with Gasteiger partial charge in [0.2, 0.25) is 17.6 Å². The van der Waals surface area contributed by atoms with E-state index in [1.807, 2.05) is 40.9 Å². The highest BCUT2D eigenvalue weighted by atomic mass is 16.2. The molecular formula is C33H49N3O6. The van der Waals surface area contributed by atoms with Gasteiger partial charge in [0.25, 0.3) is 0 Å². The zero-order valence-electron chi connectivity index (χ0n) is 26.6. The molecule has 1 N–H and O–H groups in total. The van der Waals surface area contributed by atoms with Crippen LogP contribution in [0.15, 0.2) is 30.3 Å². The van der Waals surface area contributed by atoms with Gasteiger partial charge in [-0.2, -0.15) is 0 Å². The summed E-state index contributed by atoms with van der Waals surface area (Å²) >= 11 is 0. The zero-order valence-corrected chi connectivity index (χ0v) is 26.6. The molecular weight excluding hydrogens is 534 g/mol. The van der Waals surface area contributed by atoms with Crippen LogP contribution in [0.2, 0.25) is 0 Å². The largest absolute Gasteiger partial charge is 0.346 e. The summed E-state index contributed by atoms with van der Waals surface area (Å²) in [4.78, 5) is 81.6. The molecule has 0 aliphatic carbocycles. The monoisotopic (exact) mass is 583 g/mol. The minimum absolute atomic E-state index is 0.00614. The van der Waals surface area contributed by atoms with Crippen molar-refractivity contribution in [2.24, 2.45) is 23.2 Å². The molecule has 2 amide bonds. The predicted molar refractivity (Wildman–Crippen MR) is 162 cm³/mol. The molecule has 2 rings (SSSR count). The Balaban J connectivity index is 1.97. The van der Waals surface area contributed by atoms with Crippen molar-refractivity contribution in [1.29, 1.82) is 0 Å². The lowest BCUT2D eigenvalue weighted by Crippen LogP contribution is -2.46. The Morgan fingerprint density at radius 1 is 0.952 bits per heavy atom. The van der Waals surface area contributed by atoms with Crippen LogP contribution in [0.5, 0.6) is 0 Å². The maximum Gasteiger partial charge on any atom is 0.224 e. The first-order chi connectivity index (χ1) is 19.5. The lowest BCUT2D eigenvalue weighted by Gasteiger charge is -2.30. The van der Waals surface area contributed by atoms with Gasteiger partial charge < -0.3 is 15.1 Å². The van der Waals surface area contributed by atoms with Crippen LogP contribution < -0.4 is 5.32 Å². The summed E-state index contributed by atoms with van der Waals surface area (Å²) in [6.45, 7) is 12.0. The molecule has 0 saturated carbocycles. The van der Waals surface area contributed by atoms with E-state index in [1.54, 1.807) is 49.9 Å². The van der Waals surface area contributed by atoms with E-state index in [0.717, 1.165) is 6.42 Å². The van der Waals surface area contributed by atoms with Crippen molar-refractivity contribution in [2.45, 2.75) is 85.7 Å². The third-order valence-electron chi connectivity index (χ3n) is 8.34. The Hall–Kier alpha value is -3.20. The van der Waals surface area contributed by atoms with E-state index in [0.29, 0.717) is 18.7 Å². The van der Waals surface area contributed by atoms with Gasteiger partial charge in [-0.3, -0.25) is 28.8 Å². The maximum absolute atomic E-state index is 13.3. The highest BCUT2D eigenvalue weighted by molar-refractivity contribution is 6.38. The molecule has 4 atom stereocenters. The van der Waals surface area contributed by atoms with Crippen molar-refractivity contribution in [3.8, 4) is 0 Å². The summed E-state index contributed by atoms with van der Waals surface area (Å²) in [6, 6.07) is 8.15. The highest BCUT2D eigenvalue weighted by Crippen LogP contribution is 2.30.